The highest BCUT2D eigenvalue weighted by molar-refractivity contribution is 5.89. The highest BCUT2D eigenvalue weighted by Gasteiger charge is 2.06. The highest BCUT2D eigenvalue weighted by Crippen LogP contribution is 1.96. The van der Waals surface area contributed by atoms with Gasteiger partial charge in [0.1, 0.15) is 5.84 Å². The maximum absolute atomic E-state index is 11.0. The predicted molar refractivity (Wildman–Crippen MR) is 85.1 cm³/mol. The Morgan fingerprint density at radius 1 is 0.905 bits per heavy atom. The fourth-order valence-corrected chi connectivity index (χ4v) is 1.59. The molecule has 0 aromatic rings. The Morgan fingerprint density at radius 3 is 1.67 bits per heavy atom. The van der Waals surface area contributed by atoms with Gasteiger partial charge in [-0.1, -0.05) is 19.7 Å². The monoisotopic (exact) mass is 292 g/mol. The first-order valence-corrected chi connectivity index (χ1v) is 6.81. The van der Waals surface area contributed by atoms with Crippen LogP contribution in [0.3, 0.4) is 0 Å². The first-order valence-electron chi connectivity index (χ1n) is 6.81. The van der Waals surface area contributed by atoms with Crippen LogP contribution < -0.4 is 10.6 Å². The summed E-state index contributed by atoms with van der Waals surface area (Å²) >= 11 is 0. The first kappa shape index (κ1) is 18.6. The van der Waals surface area contributed by atoms with Gasteiger partial charge in [-0.3, -0.25) is 15.0 Å². The van der Waals surface area contributed by atoms with Crippen LogP contribution in [0.1, 0.15) is 12.8 Å². The summed E-state index contributed by atoms with van der Waals surface area (Å²) in [5, 5.41) is 13.2. The predicted octanol–water partition coefficient (Wildman–Crippen LogP) is 0.836. The van der Waals surface area contributed by atoms with Crippen LogP contribution >= 0.6 is 0 Å². The van der Waals surface area contributed by atoms with E-state index in [1.807, 2.05) is 4.90 Å². The fourth-order valence-electron chi connectivity index (χ4n) is 1.59. The van der Waals surface area contributed by atoms with Gasteiger partial charge in [0.15, 0.2) is 0 Å². The minimum Gasteiger partial charge on any atom is -0.357 e. The third-order valence-electron chi connectivity index (χ3n) is 2.71. The zero-order chi connectivity index (χ0) is 16.1. The van der Waals surface area contributed by atoms with Crippen molar-refractivity contribution in [3.8, 4) is 0 Å². The Balaban J connectivity index is 4.03. The maximum Gasteiger partial charge on any atom is 0.243 e. The van der Waals surface area contributed by atoms with Crippen molar-refractivity contribution in [2.24, 2.45) is 0 Å². The molecule has 0 atom stereocenters. The molecule has 0 heterocycles. The summed E-state index contributed by atoms with van der Waals surface area (Å²) < 4.78 is 0. The first-order chi connectivity index (χ1) is 10.0. The Kier molecular flexibility index (Phi) is 10.2. The van der Waals surface area contributed by atoms with Gasteiger partial charge in [-0.25, -0.2) is 0 Å². The Morgan fingerprint density at radius 2 is 1.33 bits per heavy atom. The molecule has 0 spiro atoms. The molecule has 0 fully saturated rings. The van der Waals surface area contributed by atoms with Crippen molar-refractivity contribution >= 4 is 17.6 Å². The third kappa shape index (κ3) is 9.21. The van der Waals surface area contributed by atoms with Gasteiger partial charge in [-0.05, 0) is 31.1 Å². The number of carbonyl (C=O) groups is 2. The van der Waals surface area contributed by atoms with Crippen molar-refractivity contribution in [3.63, 3.8) is 0 Å². The largest absolute Gasteiger partial charge is 0.357 e. The molecule has 0 saturated heterocycles. The number of nitrogens with zero attached hydrogens (tertiary/aromatic N) is 1. The van der Waals surface area contributed by atoms with Crippen molar-refractivity contribution in [3.05, 3.63) is 38.0 Å². The molecule has 2 amide bonds. The van der Waals surface area contributed by atoms with E-state index in [9.17, 15) is 9.59 Å². The van der Waals surface area contributed by atoms with Crippen LogP contribution in [-0.2, 0) is 9.59 Å². The molecular weight excluding hydrogens is 268 g/mol. The van der Waals surface area contributed by atoms with Gasteiger partial charge in [-0.15, -0.1) is 0 Å². The average Bonchev–Trinajstić information content (AvgIpc) is 2.51. The van der Waals surface area contributed by atoms with Crippen LogP contribution in [0.25, 0.3) is 0 Å². The van der Waals surface area contributed by atoms with E-state index in [0.29, 0.717) is 32.0 Å². The molecule has 0 bridgehead atoms. The number of rotatable bonds is 11. The Labute approximate surface area is 126 Å². The van der Waals surface area contributed by atoms with E-state index in [2.05, 4.69) is 30.4 Å². The quantitative estimate of drug-likeness (QED) is 0.228. The number of hydrogen-bond donors (Lipinski definition) is 3. The van der Waals surface area contributed by atoms with Crippen LogP contribution in [0.15, 0.2) is 38.0 Å². The van der Waals surface area contributed by atoms with Gasteiger partial charge >= 0.3 is 0 Å². The van der Waals surface area contributed by atoms with E-state index in [-0.39, 0.29) is 11.8 Å². The fraction of sp³-hybridized carbons (Fsp3) is 0.400. The van der Waals surface area contributed by atoms with Gasteiger partial charge in [0, 0.05) is 26.2 Å². The number of hydrogen-bond acceptors (Lipinski definition) is 3. The second kappa shape index (κ2) is 11.5. The summed E-state index contributed by atoms with van der Waals surface area (Å²) in [5.74, 6) is -0.0694. The minimum absolute atomic E-state index is 0.201. The normalized spacial score (nSPS) is 9.33. The Hall–Kier alpha value is -2.37. The molecule has 0 aliphatic rings. The molecule has 21 heavy (non-hydrogen) atoms. The molecule has 3 N–H and O–H groups in total. The van der Waals surface area contributed by atoms with Crippen LogP contribution in [0.5, 0.6) is 0 Å². The summed E-state index contributed by atoms with van der Waals surface area (Å²) in [6, 6.07) is 0. The lowest BCUT2D eigenvalue weighted by atomic mass is 10.3. The summed E-state index contributed by atoms with van der Waals surface area (Å²) in [6.45, 7) is 12.7. The second-order valence-corrected chi connectivity index (χ2v) is 4.27. The lowest BCUT2D eigenvalue weighted by Gasteiger charge is -2.23. The molecule has 0 aromatic heterocycles. The summed E-state index contributed by atoms with van der Waals surface area (Å²) in [6.07, 6.45) is 5.37. The van der Waals surface area contributed by atoms with E-state index >= 15 is 0 Å². The molecule has 6 heteroatoms. The van der Waals surface area contributed by atoms with E-state index in [0.717, 1.165) is 12.8 Å². The van der Waals surface area contributed by atoms with Crippen LogP contribution in [0.4, 0.5) is 0 Å². The molecule has 0 radical (unpaired) electrons. The number of amidine groups is 1. The standard InChI is InChI=1S/C15H24N4O2/c1-4-13(16)19(11-7-9-17-14(20)5-2)12-8-10-18-15(21)6-3/h4-6,16H,1-3,7-12H2,(H,17,20)(H,18,21). The lowest BCUT2D eigenvalue weighted by Crippen LogP contribution is -2.35. The Bertz CT molecular complexity index is 376. The average molecular weight is 292 g/mol. The van der Waals surface area contributed by atoms with E-state index in [4.69, 9.17) is 5.41 Å². The molecule has 0 rings (SSSR count). The molecule has 0 unspecified atom stereocenters. The topological polar surface area (TPSA) is 85.3 Å². The summed E-state index contributed by atoms with van der Waals surface area (Å²) in [4.78, 5) is 23.9. The number of nitrogens with one attached hydrogen (secondary N) is 3. The second-order valence-electron chi connectivity index (χ2n) is 4.27. The molecule has 0 saturated carbocycles. The van der Waals surface area contributed by atoms with Gasteiger partial charge in [-0.2, -0.15) is 0 Å². The molecule has 6 nitrogen and oxygen atoms in total. The van der Waals surface area contributed by atoms with Gasteiger partial charge in [0.05, 0.1) is 0 Å². The van der Waals surface area contributed by atoms with Crippen LogP contribution in [0.2, 0.25) is 0 Å². The van der Waals surface area contributed by atoms with E-state index < -0.39 is 0 Å². The smallest absolute Gasteiger partial charge is 0.243 e. The SMILES string of the molecule is C=CC(=N)N(CCCNC(=O)C=C)CCCNC(=O)C=C. The zero-order valence-electron chi connectivity index (χ0n) is 12.4. The van der Waals surface area contributed by atoms with Crippen LogP contribution in [-0.4, -0.2) is 48.7 Å². The minimum atomic E-state index is -0.201. The van der Waals surface area contributed by atoms with Gasteiger partial charge < -0.3 is 15.5 Å². The van der Waals surface area contributed by atoms with Crippen molar-refractivity contribution in [1.82, 2.24) is 15.5 Å². The lowest BCUT2D eigenvalue weighted by molar-refractivity contribution is -0.117. The van der Waals surface area contributed by atoms with Crippen molar-refractivity contribution in [2.75, 3.05) is 26.2 Å². The van der Waals surface area contributed by atoms with Gasteiger partial charge in [0.25, 0.3) is 0 Å². The molecular formula is C15H24N4O2. The number of amides is 2. The van der Waals surface area contributed by atoms with Crippen molar-refractivity contribution in [1.29, 1.82) is 5.41 Å². The molecule has 0 aromatic carbocycles. The van der Waals surface area contributed by atoms with Crippen molar-refractivity contribution < 1.29 is 9.59 Å². The number of carbonyl (C=O) groups excluding carboxylic acids is 2. The van der Waals surface area contributed by atoms with E-state index in [1.54, 1.807) is 0 Å². The van der Waals surface area contributed by atoms with Crippen molar-refractivity contribution in [2.45, 2.75) is 12.8 Å². The zero-order valence-corrected chi connectivity index (χ0v) is 12.4. The molecule has 0 aliphatic heterocycles. The maximum atomic E-state index is 11.0. The summed E-state index contributed by atoms with van der Waals surface area (Å²) in [5.41, 5.74) is 0. The summed E-state index contributed by atoms with van der Waals surface area (Å²) in [7, 11) is 0. The van der Waals surface area contributed by atoms with E-state index in [1.165, 1.54) is 18.2 Å². The molecule has 0 aliphatic carbocycles. The molecule has 116 valence electrons. The van der Waals surface area contributed by atoms with Gasteiger partial charge in [0.2, 0.25) is 11.8 Å². The van der Waals surface area contributed by atoms with Crippen LogP contribution in [0, 0.1) is 5.41 Å². The third-order valence-corrected chi connectivity index (χ3v) is 2.71. The highest BCUT2D eigenvalue weighted by atomic mass is 16.2.